The van der Waals surface area contributed by atoms with Gasteiger partial charge in [-0.25, -0.2) is 12.7 Å². The lowest BCUT2D eigenvalue weighted by molar-refractivity contribution is 0.0380. The number of hydrogen-bond donors (Lipinski definition) is 2. The minimum atomic E-state index is -3.27. The number of morpholine rings is 1. The molecule has 0 unspecified atom stereocenters. The molecule has 2 aromatic heterocycles. The van der Waals surface area contributed by atoms with E-state index in [1.54, 1.807) is 15.6 Å². The van der Waals surface area contributed by atoms with Gasteiger partial charge in [-0.15, -0.1) is 0 Å². The van der Waals surface area contributed by atoms with E-state index in [-0.39, 0.29) is 11.7 Å². The van der Waals surface area contributed by atoms with Crippen LogP contribution in [0.5, 0.6) is 0 Å². The van der Waals surface area contributed by atoms with Crippen molar-refractivity contribution in [1.29, 1.82) is 0 Å². The van der Waals surface area contributed by atoms with Crippen LogP contribution < -0.4 is 5.73 Å². The topological polar surface area (TPSA) is 109 Å². The molecule has 0 spiro atoms. The molecule has 35 heavy (non-hydrogen) atoms. The molecule has 8 nitrogen and oxygen atoms in total. The summed E-state index contributed by atoms with van der Waals surface area (Å²) in [5, 5.41) is 5.06. The number of rotatable bonds is 8. The quantitative estimate of drug-likeness (QED) is 0.478. The van der Waals surface area contributed by atoms with Gasteiger partial charge in [0.1, 0.15) is 0 Å². The van der Waals surface area contributed by atoms with E-state index < -0.39 is 15.9 Å². The zero-order valence-corrected chi connectivity index (χ0v) is 21.4. The number of amides is 1. The molecule has 2 aliphatic heterocycles. The van der Waals surface area contributed by atoms with Crippen molar-refractivity contribution in [2.24, 2.45) is 5.73 Å². The maximum Gasteiger partial charge on any atom is 0.250 e. The number of fused-ring (bicyclic) bond motifs is 1. The highest BCUT2D eigenvalue weighted by molar-refractivity contribution is 7.89. The van der Waals surface area contributed by atoms with E-state index in [4.69, 9.17) is 10.5 Å². The maximum absolute atomic E-state index is 13.0. The lowest BCUT2D eigenvalue weighted by Crippen LogP contribution is -2.41. The van der Waals surface area contributed by atoms with Crippen LogP contribution in [0.3, 0.4) is 0 Å². The van der Waals surface area contributed by atoms with Gasteiger partial charge >= 0.3 is 0 Å². The number of ether oxygens (including phenoxy) is 1. The monoisotopic (exact) mass is 516 g/mol. The van der Waals surface area contributed by atoms with Crippen LogP contribution in [0.25, 0.3) is 22.0 Å². The van der Waals surface area contributed by atoms with Crippen molar-refractivity contribution >= 4 is 38.2 Å². The molecular formula is C25H32N4O4S2. The second-order valence-electron chi connectivity index (χ2n) is 9.36. The average molecular weight is 517 g/mol. The molecule has 1 amide bonds. The van der Waals surface area contributed by atoms with Crippen LogP contribution in [-0.4, -0.2) is 80.2 Å². The van der Waals surface area contributed by atoms with Gasteiger partial charge in [-0.2, -0.15) is 11.3 Å². The number of piperidine rings is 1. The molecule has 2 saturated heterocycles. The van der Waals surface area contributed by atoms with Crippen LogP contribution in [0, 0.1) is 0 Å². The van der Waals surface area contributed by atoms with Gasteiger partial charge in [0.05, 0.1) is 30.0 Å². The molecular weight excluding hydrogens is 484 g/mol. The van der Waals surface area contributed by atoms with E-state index in [1.807, 2.05) is 23.7 Å². The summed E-state index contributed by atoms with van der Waals surface area (Å²) in [5.74, 6) is -0.0471. The molecule has 5 rings (SSSR count). The highest BCUT2D eigenvalue weighted by Gasteiger charge is 2.30. The summed E-state index contributed by atoms with van der Waals surface area (Å²) in [5.41, 5.74) is 10.1. The second-order valence-corrected chi connectivity index (χ2v) is 12.2. The summed E-state index contributed by atoms with van der Waals surface area (Å²) in [7, 11) is -3.27. The van der Waals surface area contributed by atoms with Gasteiger partial charge in [-0.3, -0.25) is 9.69 Å². The van der Waals surface area contributed by atoms with Crippen LogP contribution in [-0.2, 0) is 14.8 Å². The van der Waals surface area contributed by atoms with Crippen molar-refractivity contribution in [2.45, 2.75) is 25.2 Å². The number of benzene rings is 1. The van der Waals surface area contributed by atoms with E-state index in [9.17, 15) is 13.2 Å². The minimum Gasteiger partial charge on any atom is -0.379 e. The lowest BCUT2D eigenvalue weighted by Gasteiger charge is -2.32. The molecule has 2 fully saturated rings. The summed E-state index contributed by atoms with van der Waals surface area (Å²) in [6.07, 6.45) is 4.12. The largest absolute Gasteiger partial charge is 0.379 e. The first kappa shape index (κ1) is 24.5. The number of primary amides is 1. The van der Waals surface area contributed by atoms with Crippen LogP contribution >= 0.6 is 11.3 Å². The number of nitrogens with one attached hydrogen (secondary N) is 1. The molecule has 3 N–H and O–H groups in total. The Bertz CT molecular complexity index is 1270. The zero-order valence-electron chi connectivity index (χ0n) is 19.7. The molecule has 4 heterocycles. The molecule has 0 saturated carbocycles. The van der Waals surface area contributed by atoms with Gasteiger partial charge < -0.3 is 15.5 Å². The summed E-state index contributed by atoms with van der Waals surface area (Å²) < 4.78 is 32.9. The molecule has 0 atom stereocenters. The molecule has 0 radical (unpaired) electrons. The van der Waals surface area contributed by atoms with Gasteiger partial charge in [0.15, 0.2) is 0 Å². The van der Waals surface area contributed by atoms with Crippen molar-refractivity contribution in [3.8, 4) is 11.1 Å². The van der Waals surface area contributed by atoms with E-state index in [2.05, 4.69) is 21.3 Å². The molecule has 0 aliphatic carbocycles. The Balaban J connectivity index is 1.28. The second kappa shape index (κ2) is 10.4. The van der Waals surface area contributed by atoms with E-state index in [0.717, 1.165) is 73.3 Å². The predicted molar refractivity (Wildman–Crippen MR) is 139 cm³/mol. The molecule has 188 valence electrons. The third-order valence-corrected chi connectivity index (χ3v) is 9.85. The van der Waals surface area contributed by atoms with E-state index in [1.165, 1.54) is 0 Å². The average Bonchev–Trinajstić information content (AvgIpc) is 3.54. The molecule has 0 bridgehead atoms. The van der Waals surface area contributed by atoms with Gasteiger partial charge in [-0.05, 0) is 77.4 Å². The fourth-order valence-electron chi connectivity index (χ4n) is 5.25. The van der Waals surface area contributed by atoms with Gasteiger partial charge in [0.25, 0.3) is 5.91 Å². The van der Waals surface area contributed by atoms with Crippen molar-refractivity contribution in [3.63, 3.8) is 0 Å². The van der Waals surface area contributed by atoms with Crippen LogP contribution in [0.2, 0.25) is 0 Å². The van der Waals surface area contributed by atoms with Crippen molar-refractivity contribution in [3.05, 3.63) is 46.3 Å². The van der Waals surface area contributed by atoms with Crippen LogP contribution in [0.1, 0.15) is 41.1 Å². The highest BCUT2D eigenvalue weighted by Crippen LogP contribution is 2.37. The van der Waals surface area contributed by atoms with Crippen molar-refractivity contribution in [1.82, 2.24) is 14.2 Å². The SMILES string of the molecule is NC(=O)c1cc(-c2ccsc2)cc2c(C3CCN(S(=O)(=O)CCCN4CCOCC4)CC3)c[nH]c12. The molecule has 10 heteroatoms. The Kier molecular flexibility index (Phi) is 7.26. The number of sulfonamides is 1. The summed E-state index contributed by atoms with van der Waals surface area (Å²) in [4.78, 5) is 17.7. The molecule has 3 aromatic rings. The smallest absolute Gasteiger partial charge is 0.250 e. The number of carbonyl (C=O) groups excluding carboxylic acids is 1. The standard InChI is InChI=1S/C25H32N4O4S2/c26-25(30)22-15-20(19-4-12-34-17-19)14-21-23(16-27-24(21)22)18-2-6-29(7-3-18)35(31,32)13-1-5-28-8-10-33-11-9-28/h4,12,14-18,27H,1-3,5-11,13H2,(H2,26,30). The van der Waals surface area contributed by atoms with Crippen LogP contribution in [0.15, 0.2) is 35.2 Å². The number of nitrogens with two attached hydrogens (primary N) is 1. The zero-order chi connectivity index (χ0) is 24.4. The maximum atomic E-state index is 13.0. The summed E-state index contributed by atoms with van der Waals surface area (Å²) in [6.45, 7) is 5.04. The van der Waals surface area contributed by atoms with Gasteiger partial charge in [-0.1, -0.05) is 0 Å². The Morgan fingerprint density at radius 2 is 1.91 bits per heavy atom. The molecule has 1 aromatic carbocycles. The third kappa shape index (κ3) is 5.31. The van der Waals surface area contributed by atoms with E-state index >= 15 is 0 Å². The number of carbonyl (C=O) groups is 1. The number of aromatic amines is 1. The van der Waals surface area contributed by atoms with Gasteiger partial charge in [0.2, 0.25) is 10.0 Å². The minimum absolute atomic E-state index is 0.189. The first-order chi connectivity index (χ1) is 16.9. The Labute approximate surface area is 210 Å². The normalized spacial score (nSPS) is 18.9. The highest BCUT2D eigenvalue weighted by atomic mass is 32.2. The van der Waals surface area contributed by atoms with E-state index in [0.29, 0.717) is 25.1 Å². The first-order valence-corrected chi connectivity index (χ1v) is 14.7. The van der Waals surface area contributed by atoms with Gasteiger partial charge in [0, 0.05) is 37.8 Å². The van der Waals surface area contributed by atoms with Crippen molar-refractivity contribution < 1.29 is 17.9 Å². The number of thiophene rings is 1. The predicted octanol–water partition coefficient (Wildman–Crippen LogP) is 3.23. The Morgan fingerprint density at radius 3 is 2.60 bits per heavy atom. The Hall–Kier alpha value is -2.24. The lowest BCUT2D eigenvalue weighted by atomic mass is 9.88. The van der Waals surface area contributed by atoms with Crippen molar-refractivity contribution in [2.75, 3.05) is 51.7 Å². The number of aromatic nitrogens is 1. The summed E-state index contributed by atoms with van der Waals surface area (Å²) in [6, 6.07) is 5.99. The third-order valence-electron chi connectivity index (χ3n) is 7.21. The first-order valence-electron chi connectivity index (χ1n) is 12.2. The number of H-pyrrole nitrogens is 1. The fraction of sp³-hybridized carbons (Fsp3) is 0.480. The molecule has 2 aliphatic rings. The fourth-order valence-corrected chi connectivity index (χ4v) is 7.43. The Morgan fingerprint density at radius 1 is 1.14 bits per heavy atom. The number of nitrogens with zero attached hydrogens (tertiary/aromatic N) is 2. The van der Waals surface area contributed by atoms with Crippen LogP contribution in [0.4, 0.5) is 0 Å². The summed E-state index contributed by atoms with van der Waals surface area (Å²) >= 11 is 1.61. The number of hydrogen-bond acceptors (Lipinski definition) is 6.